The fourth-order valence-corrected chi connectivity index (χ4v) is 4.24. The topological polar surface area (TPSA) is 105 Å². The van der Waals surface area contributed by atoms with Gasteiger partial charge in [0.2, 0.25) is 0 Å². The van der Waals surface area contributed by atoms with Gasteiger partial charge in [0, 0.05) is 63.4 Å². The monoisotopic (exact) mass is 458 g/mol. The van der Waals surface area contributed by atoms with Crippen molar-refractivity contribution in [1.29, 1.82) is 0 Å². The van der Waals surface area contributed by atoms with Crippen molar-refractivity contribution in [3.8, 4) is 11.3 Å². The molecule has 0 saturated heterocycles. The van der Waals surface area contributed by atoms with Crippen LogP contribution in [-0.4, -0.2) is 60.6 Å². The Kier molecular flexibility index (Phi) is 5.95. The molecule has 0 spiro atoms. The first kappa shape index (κ1) is 22.0. The van der Waals surface area contributed by atoms with Crippen molar-refractivity contribution in [3.05, 3.63) is 88.4 Å². The van der Waals surface area contributed by atoms with Crippen LogP contribution in [0.15, 0.2) is 66.0 Å². The number of carbonyl (C=O) groups excluding carboxylic acids is 1. The molecule has 4 aromatic rings. The lowest BCUT2D eigenvalue weighted by atomic mass is 10.00. The normalized spacial score (nSPS) is 14.6. The molecule has 4 heterocycles. The summed E-state index contributed by atoms with van der Waals surface area (Å²) < 4.78 is 3.19. The molecule has 2 N–H and O–H groups in total. The quantitative estimate of drug-likeness (QED) is 0.451. The van der Waals surface area contributed by atoms with Crippen LogP contribution in [0.5, 0.6) is 0 Å². The third kappa shape index (κ3) is 4.61. The van der Waals surface area contributed by atoms with Gasteiger partial charge in [0.05, 0.1) is 18.0 Å². The molecule has 0 aliphatic carbocycles. The molecule has 1 unspecified atom stereocenters. The molecule has 5 rings (SSSR count). The predicted octanol–water partition coefficient (Wildman–Crippen LogP) is 1.24. The first-order chi connectivity index (χ1) is 16.5. The van der Waals surface area contributed by atoms with E-state index < -0.39 is 6.10 Å². The van der Waals surface area contributed by atoms with E-state index in [-0.39, 0.29) is 23.7 Å². The van der Waals surface area contributed by atoms with Crippen LogP contribution in [-0.2, 0) is 20.0 Å². The fourth-order valence-electron chi connectivity index (χ4n) is 4.24. The van der Waals surface area contributed by atoms with Crippen LogP contribution in [0.1, 0.15) is 21.6 Å². The third-order valence-electron chi connectivity index (χ3n) is 6.15. The number of aliphatic hydroxyl groups excluding tert-OH is 1. The number of β-amino-alcohol motifs (C(OH)–C–C–N with tert-alkyl or cyclic N) is 1. The van der Waals surface area contributed by atoms with Gasteiger partial charge >= 0.3 is 0 Å². The Bertz CT molecular complexity index is 1410. The van der Waals surface area contributed by atoms with E-state index in [0.717, 1.165) is 19.5 Å². The van der Waals surface area contributed by atoms with Gasteiger partial charge in [-0.15, -0.1) is 0 Å². The van der Waals surface area contributed by atoms with E-state index in [1.165, 1.54) is 21.8 Å². The number of pyridine rings is 1. The zero-order chi connectivity index (χ0) is 23.7. The Balaban J connectivity index is 1.20. The molecule has 3 aromatic heterocycles. The summed E-state index contributed by atoms with van der Waals surface area (Å²) in [4.78, 5) is 35.5. The van der Waals surface area contributed by atoms with Crippen LogP contribution in [0, 0.1) is 0 Å². The average Bonchev–Trinajstić information content (AvgIpc) is 3.28. The number of aryl methyl sites for hydroxylation is 1. The van der Waals surface area contributed by atoms with E-state index in [0.29, 0.717) is 23.4 Å². The molecule has 0 bridgehead atoms. The molecule has 1 aliphatic rings. The largest absolute Gasteiger partial charge is 0.390 e. The lowest BCUT2D eigenvalue weighted by molar-refractivity contribution is 0.0838. The molecule has 1 atom stereocenters. The van der Waals surface area contributed by atoms with E-state index in [2.05, 4.69) is 38.4 Å². The van der Waals surface area contributed by atoms with Crippen molar-refractivity contribution in [2.75, 3.05) is 19.6 Å². The van der Waals surface area contributed by atoms with Crippen molar-refractivity contribution >= 4 is 11.6 Å². The number of nitrogens with one attached hydrogen (secondary N) is 1. The zero-order valence-corrected chi connectivity index (χ0v) is 18.9. The summed E-state index contributed by atoms with van der Waals surface area (Å²) in [7, 11) is 1.69. The van der Waals surface area contributed by atoms with Gasteiger partial charge in [-0.05, 0) is 23.6 Å². The lowest BCUT2D eigenvalue weighted by Gasteiger charge is -2.30. The average molecular weight is 459 g/mol. The summed E-state index contributed by atoms with van der Waals surface area (Å²) in [6.45, 7) is 2.32. The number of aromatic nitrogens is 4. The first-order valence-electron chi connectivity index (χ1n) is 11.2. The van der Waals surface area contributed by atoms with Gasteiger partial charge in [-0.25, -0.2) is 4.98 Å². The molecule has 0 radical (unpaired) electrons. The Morgan fingerprint density at radius 3 is 2.85 bits per heavy atom. The Morgan fingerprint density at radius 1 is 1.21 bits per heavy atom. The summed E-state index contributed by atoms with van der Waals surface area (Å²) in [5, 5.41) is 13.2. The summed E-state index contributed by atoms with van der Waals surface area (Å²) in [5.74, 6) is -0.359. The molecule has 9 heteroatoms. The number of rotatable bonds is 6. The zero-order valence-electron chi connectivity index (χ0n) is 18.9. The molecule has 174 valence electrons. The fraction of sp³-hybridized carbons (Fsp3) is 0.280. The van der Waals surface area contributed by atoms with Crippen molar-refractivity contribution in [3.63, 3.8) is 0 Å². The van der Waals surface area contributed by atoms with Crippen molar-refractivity contribution in [2.24, 2.45) is 7.05 Å². The highest BCUT2D eigenvalue weighted by Gasteiger charge is 2.19. The van der Waals surface area contributed by atoms with Crippen LogP contribution in [0.2, 0.25) is 0 Å². The number of amides is 1. The molecule has 1 aliphatic heterocycles. The molecular formula is C25H26N6O3. The van der Waals surface area contributed by atoms with Gasteiger partial charge < -0.3 is 19.4 Å². The smallest absolute Gasteiger partial charge is 0.271 e. The number of aliphatic hydroxyl groups is 1. The molecule has 0 saturated carbocycles. The minimum absolute atomic E-state index is 0.127. The van der Waals surface area contributed by atoms with Gasteiger partial charge in [-0.2, -0.15) is 0 Å². The number of imidazole rings is 1. The van der Waals surface area contributed by atoms with E-state index in [9.17, 15) is 14.7 Å². The van der Waals surface area contributed by atoms with Crippen LogP contribution in [0.4, 0.5) is 0 Å². The van der Waals surface area contributed by atoms with Crippen LogP contribution >= 0.6 is 0 Å². The maximum atomic E-state index is 12.6. The first-order valence-corrected chi connectivity index (χ1v) is 11.2. The number of carbonyl (C=O) groups is 1. The summed E-state index contributed by atoms with van der Waals surface area (Å²) >= 11 is 0. The van der Waals surface area contributed by atoms with Gasteiger partial charge in [-0.1, -0.05) is 24.3 Å². The lowest BCUT2D eigenvalue weighted by Crippen LogP contribution is -2.42. The Hall–Kier alpha value is -3.82. The molecule has 1 aromatic carbocycles. The SMILES string of the molecule is Cn1ccc(-c2cn3cc(C(=O)NCC(O)CN4CCc5ccccc5C4)nc3cn2)cc1=O. The summed E-state index contributed by atoms with van der Waals surface area (Å²) in [6.07, 6.45) is 6.88. The molecule has 0 fully saturated rings. The van der Waals surface area contributed by atoms with Crippen molar-refractivity contribution < 1.29 is 9.90 Å². The number of nitrogens with zero attached hydrogens (tertiary/aromatic N) is 5. The minimum atomic E-state index is -0.680. The Labute approximate surface area is 196 Å². The number of hydrogen-bond donors (Lipinski definition) is 2. The van der Waals surface area contributed by atoms with E-state index in [4.69, 9.17) is 0 Å². The molecular weight excluding hydrogens is 432 g/mol. The maximum Gasteiger partial charge on any atom is 0.271 e. The second-order valence-electron chi connectivity index (χ2n) is 8.65. The summed E-state index contributed by atoms with van der Waals surface area (Å²) in [6, 6.07) is 11.7. The molecule has 9 nitrogen and oxygen atoms in total. The number of hydrogen-bond acceptors (Lipinski definition) is 6. The van der Waals surface area contributed by atoms with Crippen molar-refractivity contribution in [1.82, 2.24) is 29.2 Å². The second-order valence-corrected chi connectivity index (χ2v) is 8.65. The highest BCUT2D eigenvalue weighted by molar-refractivity contribution is 5.92. The van der Waals surface area contributed by atoms with E-state index in [1.54, 1.807) is 36.2 Å². The van der Waals surface area contributed by atoms with Crippen LogP contribution < -0.4 is 10.9 Å². The Morgan fingerprint density at radius 2 is 2.03 bits per heavy atom. The van der Waals surface area contributed by atoms with Gasteiger partial charge in [-0.3, -0.25) is 19.5 Å². The molecule has 34 heavy (non-hydrogen) atoms. The summed E-state index contributed by atoms with van der Waals surface area (Å²) in [5.41, 5.74) is 4.57. The highest BCUT2D eigenvalue weighted by atomic mass is 16.3. The number of fused-ring (bicyclic) bond motifs is 2. The van der Waals surface area contributed by atoms with Gasteiger partial charge in [0.25, 0.3) is 11.5 Å². The van der Waals surface area contributed by atoms with E-state index in [1.807, 2.05) is 12.1 Å². The van der Waals surface area contributed by atoms with Crippen molar-refractivity contribution in [2.45, 2.75) is 19.1 Å². The van der Waals surface area contributed by atoms with E-state index >= 15 is 0 Å². The van der Waals surface area contributed by atoms with Gasteiger partial charge in [0.1, 0.15) is 5.69 Å². The number of benzene rings is 1. The maximum absolute atomic E-state index is 12.6. The standard InChI is InChI=1S/C25H26N6O3/c1-29-8-6-18(10-24(29)33)21-15-31-16-22(28-23(31)12-26-21)25(34)27-11-20(32)14-30-9-7-17-4-2-3-5-19(17)13-30/h2-6,8,10,12,15-16,20,32H,7,9,11,13-14H2,1H3,(H,27,34). The van der Waals surface area contributed by atoms with Crippen LogP contribution in [0.3, 0.4) is 0 Å². The van der Waals surface area contributed by atoms with Crippen LogP contribution in [0.25, 0.3) is 16.9 Å². The van der Waals surface area contributed by atoms with Gasteiger partial charge in [0.15, 0.2) is 5.65 Å². The predicted molar refractivity (Wildman–Crippen MR) is 127 cm³/mol. The second kappa shape index (κ2) is 9.20. The molecule has 1 amide bonds. The minimum Gasteiger partial charge on any atom is -0.390 e. The third-order valence-corrected chi connectivity index (χ3v) is 6.15. The highest BCUT2D eigenvalue weighted by Crippen LogP contribution is 2.19.